The van der Waals surface area contributed by atoms with Crippen molar-refractivity contribution < 1.29 is 23.1 Å². The number of carboxylic acid groups (broad SMARTS) is 1. The molecule has 72 valence electrons. The lowest BCUT2D eigenvalue weighted by Gasteiger charge is -2.22. The van der Waals surface area contributed by atoms with E-state index >= 15 is 0 Å². The van der Waals surface area contributed by atoms with E-state index in [1.807, 2.05) is 0 Å². The Labute approximate surface area is 68.4 Å². The number of alkyl halides is 3. The van der Waals surface area contributed by atoms with E-state index in [9.17, 15) is 18.0 Å². The Morgan fingerprint density at radius 2 is 1.58 bits per heavy atom. The van der Waals surface area contributed by atoms with Crippen LogP contribution in [0.15, 0.2) is 0 Å². The highest BCUT2D eigenvalue weighted by Crippen LogP contribution is 2.26. The molecule has 0 aliphatic heterocycles. The van der Waals surface area contributed by atoms with Crippen LogP contribution in [0.25, 0.3) is 0 Å². The van der Waals surface area contributed by atoms with Crippen LogP contribution >= 0.6 is 0 Å². The summed E-state index contributed by atoms with van der Waals surface area (Å²) in [7, 11) is 0. The minimum atomic E-state index is -1.72. The molecule has 1 N–H and O–H groups in total. The van der Waals surface area contributed by atoms with Crippen LogP contribution in [-0.4, -0.2) is 31.1 Å². The van der Waals surface area contributed by atoms with Gasteiger partial charge in [0, 0.05) is 6.42 Å². The fourth-order valence-electron chi connectivity index (χ4n) is 0.680. The minimum absolute atomic E-state index is 0.300. The first-order chi connectivity index (χ1) is 5.60. The molecule has 0 radical (unpaired) electrons. The van der Waals surface area contributed by atoms with Gasteiger partial charge in [0.05, 0.1) is 5.41 Å². The molecule has 0 aliphatic carbocycles. The lowest BCUT2D eigenvalue weighted by molar-refractivity contribution is -0.137. The molecule has 0 saturated heterocycles. The first kappa shape index (κ1) is 11.3. The molecule has 0 heterocycles. The van der Waals surface area contributed by atoms with Gasteiger partial charge in [-0.2, -0.15) is 0 Å². The largest absolute Gasteiger partial charge is 0.481 e. The van der Waals surface area contributed by atoms with Crippen LogP contribution in [0.1, 0.15) is 12.8 Å². The summed E-state index contributed by atoms with van der Waals surface area (Å²) in [4.78, 5) is 10.0. The molecule has 0 aromatic carbocycles. The summed E-state index contributed by atoms with van der Waals surface area (Å²) in [6, 6.07) is 0. The maximum atomic E-state index is 12.1. The first-order valence-corrected chi connectivity index (χ1v) is 3.50. The zero-order valence-electron chi connectivity index (χ0n) is 6.52. The second-order valence-electron chi connectivity index (χ2n) is 2.79. The van der Waals surface area contributed by atoms with Gasteiger partial charge >= 0.3 is 5.97 Å². The molecule has 2 nitrogen and oxygen atoms in total. The van der Waals surface area contributed by atoms with Crippen LogP contribution in [0.5, 0.6) is 0 Å². The predicted octanol–water partition coefficient (Wildman–Crippen LogP) is 1.75. The van der Waals surface area contributed by atoms with Crippen LogP contribution in [-0.2, 0) is 4.79 Å². The van der Waals surface area contributed by atoms with E-state index in [4.69, 9.17) is 5.11 Å². The van der Waals surface area contributed by atoms with Crippen LogP contribution in [0.4, 0.5) is 13.2 Å². The first-order valence-electron chi connectivity index (χ1n) is 3.50. The molecule has 0 fully saturated rings. The van der Waals surface area contributed by atoms with Gasteiger partial charge < -0.3 is 5.11 Å². The predicted molar refractivity (Wildman–Crippen MR) is 37.2 cm³/mol. The second kappa shape index (κ2) is 5.00. The summed E-state index contributed by atoms with van der Waals surface area (Å²) >= 11 is 0. The minimum Gasteiger partial charge on any atom is -0.481 e. The van der Waals surface area contributed by atoms with Crippen molar-refractivity contribution in [2.75, 3.05) is 20.0 Å². The number of halogens is 3. The molecule has 0 rings (SSSR count). The van der Waals surface area contributed by atoms with Crippen molar-refractivity contribution in [2.24, 2.45) is 5.41 Å². The highest BCUT2D eigenvalue weighted by molar-refractivity contribution is 5.66. The Bertz CT molecular complexity index is 137. The van der Waals surface area contributed by atoms with Gasteiger partial charge in [0.1, 0.15) is 20.0 Å². The van der Waals surface area contributed by atoms with Crippen molar-refractivity contribution in [1.82, 2.24) is 0 Å². The zero-order chi connectivity index (χ0) is 9.61. The third-order valence-corrected chi connectivity index (χ3v) is 1.72. The second-order valence-corrected chi connectivity index (χ2v) is 2.79. The summed E-state index contributed by atoms with van der Waals surface area (Å²) < 4.78 is 36.3. The van der Waals surface area contributed by atoms with Crippen molar-refractivity contribution in [3.05, 3.63) is 0 Å². The van der Waals surface area contributed by atoms with E-state index < -0.39 is 37.8 Å². The quantitative estimate of drug-likeness (QED) is 0.682. The monoisotopic (exact) mass is 184 g/mol. The Morgan fingerprint density at radius 1 is 1.17 bits per heavy atom. The van der Waals surface area contributed by atoms with Gasteiger partial charge in [-0.3, -0.25) is 18.0 Å². The number of hydrogen-bond donors (Lipinski definition) is 1. The van der Waals surface area contributed by atoms with Gasteiger partial charge in [-0.05, 0) is 6.42 Å². The van der Waals surface area contributed by atoms with Crippen LogP contribution in [0, 0.1) is 5.41 Å². The van der Waals surface area contributed by atoms with Crippen molar-refractivity contribution in [3.8, 4) is 0 Å². The van der Waals surface area contributed by atoms with Crippen molar-refractivity contribution in [3.63, 3.8) is 0 Å². The summed E-state index contributed by atoms with van der Waals surface area (Å²) in [6.45, 7) is -3.48. The Hall–Kier alpha value is -0.740. The summed E-state index contributed by atoms with van der Waals surface area (Å²) in [6.07, 6.45) is -0.705. The fourth-order valence-corrected chi connectivity index (χ4v) is 0.680. The molecule has 5 heteroatoms. The Balaban J connectivity index is 4.01. The molecule has 0 saturated carbocycles. The van der Waals surface area contributed by atoms with Crippen molar-refractivity contribution in [1.29, 1.82) is 0 Å². The summed E-state index contributed by atoms with van der Waals surface area (Å²) in [5.41, 5.74) is -1.72. The van der Waals surface area contributed by atoms with E-state index in [1.165, 1.54) is 0 Å². The Kier molecular flexibility index (Phi) is 4.70. The fraction of sp³-hybridized carbons (Fsp3) is 0.857. The zero-order valence-corrected chi connectivity index (χ0v) is 6.52. The highest BCUT2D eigenvalue weighted by Gasteiger charge is 2.31. The molecule has 12 heavy (non-hydrogen) atoms. The molecular formula is C7H11F3O2. The van der Waals surface area contributed by atoms with Crippen molar-refractivity contribution in [2.45, 2.75) is 12.8 Å². The van der Waals surface area contributed by atoms with Crippen LogP contribution in [0.2, 0.25) is 0 Å². The SMILES string of the molecule is O=C(O)CCC(CF)(CF)CF. The molecule has 0 aromatic rings. The van der Waals surface area contributed by atoms with E-state index in [2.05, 4.69) is 0 Å². The molecule has 0 bridgehead atoms. The smallest absolute Gasteiger partial charge is 0.303 e. The summed E-state index contributed by atoms with van der Waals surface area (Å²) in [5, 5.41) is 8.20. The van der Waals surface area contributed by atoms with E-state index in [0.29, 0.717) is 0 Å². The maximum Gasteiger partial charge on any atom is 0.303 e. The third-order valence-electron chi connectivity index (χ3n) is 1.72. The Morgan fingerprint density at radius 3 is 1.83 bits per heavy atom. The molecule has 0 atom stereocenters. The van der Waals surface area contributed by atoms with Gasteiger partial charge in [-0.15, -0.1) is 0 Å². The molecular weight excluding hydrogens is 173 g/mol. The number of rotatable bonds is 6. The molecule has 0 amide bonds. The lowest BCUT2D eigenvalue weighted by Crippen LogP contribution is -2.29. The lowest BCUT2D eigenvalue weighted by atomic mass is 9.87. The van der Waals surface area contributed by atoms with Gasteiger partial charge in [-0.25, -0.2) is 0 Å². The molecule has 0 aliphatic rings. The molecule has 0 unspecified atom stereocenters. The molecule has 0 aromatic heterocycles. The number of carbonyl (C=O) groups is 1. The van der Waals surface area contributed by atoms with Gasteiger partial charge in [0.25, 0.3) is 0 Å². The molecule has 0 spiro atoms. The maximum absolute atomic E-state index is 12.1. The average molecular weight is 184 g/mol. The summed E-state index contributed by atoms with van der Waals surface area (Å²) in [5.74, 6) is -1.17. The average Bonchev–Trinajstić information content (AvgIpc) is 2.08. The van der Waals surface area contributed by atoms with Gasteiger partial charge in [0.15, 0.2) is 0 Å². The van der Waals surface area contributed by atoms with Gasteiger partial charge in [-0.1, -0.05) is 0 Å². The van der Waals surface area contributed by atoms with E-state index in [-0.39, 0.29) is 6.42 Å². The normalized spacial score (nSPS) is 11.6. The van der Waals surface area contributed by atoms with Gasteiger partial charge in [0.2, 0.25) is 0 Å². The highest BCUT2D eigenvalue weighted by atomic mass is 19.1. The van der Waals surface area contributed by atoms with Crippen molar-refractivity contribution >= 4 is 5.97 Å². The van der Waals surface area contributed by atoms with E-state index in [1.54, 1.807) is 0 Å². The topological polar surface area (TPSA) is 37.3 Å². The standard InChI is InChI=1S/C7H11F3O2/c8-3-7(4-9,5-10)2-1-6(11)12/h1-5H2,(H,11,12). The number of carboxylic acids is 1. The third kappa shape index (κ3) is 3.11. The number of aliphatic carboxylic acids is 1. The number of hydrogen-bond acceptors (Lipinski definition) is 1. The van der Waals surface area contributed by atoms with E-state index in [0.717, 1.165) is 0 Å². The van der Waals surface area contributed by atoms with Crippen LogP contribution < -0.4 is 0 Å². The van der Waals surface area contributed by atoms with Crippen LogP contribution in [0.3, 0.4) is 0 Å².